The number of carbonyl (C=O) groups is 2. The summed E-state index contributed by atoms with van der Waals surface area (Å²) in [5, 5.41) is 0.986. The van der Waals surface area contributed by atoms with Crippen molar-refractivity contribution in [2.24, 2.45) is 0 Å². The van der Waals surface area contributed by atoms with Gasteiger partial charge in [0.05, 0.1) is 13.7 Å². The van der Waals surface area contributed by atoms with Crippen molar-refractivity contribution in [2.45, 2.75) is 45.0 Å². The number of hydrogen-bond donors (Lipinski definition) is 0. The molecule has 0 saturated carbocycles. The third kappa shape index (κ3) is 4.05. The minimum absolute atomic E-state index is 0.0359. The van der Waals surface area contributed by atoms with E-state index in [0.29, 0.717) is 0 Å². The summed E-state index contributed by atoms with van der Waals surface area (Å²) in [7, 11) is 2.75. The Morgan fingerprint density at radius 3 is 2.42 bits per heavy atom. The predicted molar refractivity (Wildman–Crippen MR) is 66.0 cm³/mol. The van der Waals surface area contributed by atoms with Crippen LogP contribution in [-0.4, -0.2) is 60.5 Å². The Morgan fingerprint density at radius 2 is 1.95 bits per heavy atom. The van der Waals surface area contributed by atoms with Crippen molar-refractivity contribution in [3.63, 3.8) is 0 Å². The lowest BCUT2D eigenvalue weighted by Crippen LogP contribution is -2.47. The Bertz CT molecular complexity index is 356. The van der Waals surface area contributed by atoms with Gasteiger partial charge in [-0.3, -0.25) is 14.5 Å². The second kappa shape index (κ2) is 5.73. The molecule has 2 amide bonds. The van der Waals surface area contributed by atoms with E-state index in [1.165, 1.54) is 14.2 Å². The van der Waals surface area contributed by atoms with Crippen molar-refractivity contribution < 1.29 is 23.6 Å². The van der Waals surface area contributed by atoms with Crippen LogP contribution in [0.2, 0.25) is 0 Å². The van der Waals surface area contributed by atoms with Crippen LogP contribution in [0.25, 0.3) is 0 Å². The summed E-state index contributed by atoms with van der Waals surface area (Å²) < 4.78 is 18.7. The maximum Gasteiger partial charge on any atom is 0.411 e. The molecule has 0 unspecified atom stereocenters. The minimum Gasteiger partial charge on any atom is -0.444 e. The van der Waals surface area contributed by atoms with Crippen LogP contribution in [0.3, 0.4) is 0 Å². The van der Waals surface area contributed by atoms with Crippen molar-refractivity contribution in [1.29, 1.82) is 0 Å². The quantitative estimate of drug-likeness (QED) is 0.714. The summed E-state index contributed by atoms with van der Waals surface area (Å²) in [6.07, 6.45) is -1.95. The molecule has 1 rings (SSSR count). The molecule has 110 valence electrons. The van der Waals surface area contributed by atoms with Gasteiger partial charge in [0, 0.05) is 13.5 Å². The smallest absolute Gasteiger partial charge is 0.411 e. The number of alkyl halides is 1. The standard InChI is InChI=1S/C12H21FN2O4/c1-12(2,3)19-11(17)15-7-8(13)6-9(15)10(16)14(4)18-5/h8-9H,6-7H2,1-5H3/t8-,9-/m0/s1. The first-order valence-corrected chi connectivity index (χ1v) is 6.11. The molecular formula is C12H21FN2O4. The molecule has 0 aromatic carbocycles. The van der Waals surface area contributed by atoms with Gasteiger partial charge >= 0.3 is 6.09 Å². The maximum atomic E-state index is 13.5. The highest BCUT2D eigenvalue weighted by molar-refractivity contribution is 5.85. The number of halogens is 1. The molecule has 1 fully saturated rings. The Morgan fingerprint density at radius 1 is 1.37 bits per heavy atom. The molecule has 0 radical (unpaired) electrons. The van der Waals surface area contributed by atoms with E-state index in [0.717, 1.165) is 9.96 Å². The average Bonchev–Trinajstić information content (AvgIpc) is 2.67. The molecule has 1 aliphatic heterocycles. The molecule has 0 aromatic rings. The van der Waals surface area contributed by atoms with Gasteiger partial charge in [0.25, 0.3) is 5.91 Å². The van der Waals surface area contributed by atoms with Crippen LogP contribution in [-0.2, 0) is 14.4 Å². The molecular weight excluding hydrogens is 255 g/mol. The van der Waals surface area contributed by atoms with Gasteiger partial charge in [-0.2, -0.15) is 0 Å². The van der Waals surface area contributed by atoms with E-state index in [1.54, 1.807) is 20.8 Å². The lowest BCUT2D eigenvalue weighted by atomic mass is 10.2. The predicted octanol–water partition coefficient (Wildman–Crippen LogP) is 1.35. The van der Waals surface area contributed by atoms with Crippen LogP contribution in [0.5, 0.6) is 0 Å². The monoisotopic (exact) mass is 276 g/mol. The van der Waals surface area contributed by atoms with E-state index >= 15 is 0 Å². The third-order valence-electron chi connectivity index (χ3n) is 2.75. The number of amides is 2. The molecule has 7 heteroatoms. The normalized spacial score (nSPS) is 23.4. The molecule has 2 atom stereocenters. The van der Waals surface area contributed by atoms with Crippen LogP contribution in [0.1, 0.15) is 27.2 Å². The fraction of sp³-hybridized carbons (Fsp3) is 0.833. The molecule has 0 N–H and O–H groups in total. The van der Waals surface area contributed by atoms with Gasteiger partial charge in [0.2, 0.25) is 0 Å². The molecule has 1 saturated heterocycles. The number of ether oxygens (including phenoxy) is 1. The average molecular weight is 276 g/mol. The van der Waals surface area contributed by atoms with Gasteiger partial charge in [-0.25, -0.2) is 14.2 Å². The summed E-state index contributed by atoms with van der Waals surface area (Å²) in [6.45, 7) is 5.01. The lowest BCUT2D eigenvalue weighted by molar-refractivity contribution is -0.173. The van der Waals surface area contributed by atoms with E-state index < -0.39 is 29.8 Å². The van der Waals surface area contributed by atoms with Crippen LogP contribution < -0.4 is 0 Å². The Labute approximate surface area is 112 Å². The number of likely N-dealkylation sites (tertiary alicyclic amines) is 1. The minimum atomic E-state index is -1.23. The molecule has 0 aliphatic carbocycles. The van der Waals surface area contributed by atoms with Gasteiger partial charge in [0.1, 0.15) is 17.8 Å². The number of likely N-dealkylation sites (N-methyl/N-ethyl adjacent to an activating group) is 1. The second-order valence-electron chi connectivity index (χ2n) is 5.50. The van der Waals surface area contributed by atoms with Crippen molar-refractivity contribution in [2.75, 3.05) is 20.7 Å². The van der Waals surface area contributed by atoms with Crippen LogP contribution >= 0.6 is 0 Å². The number of hydrogen-bond acceptors (Lipinski definition) is 4. The zero-order valence-electron chi connectivity index (χ0n) is 12.0. The van der Waals surface area contributed by atoms with Crippen molar-refractivity contribution >= 4 is 12.0 Å². The van der Waals surface area contributed by atoms with Crippen LogP contribution in [0.4, 0.5) is 9.18 Å². The summed E-state index contributed by atoms with van der Waals surface area (Å²) in [5.41, 5.74) is -0.688. The number of hydroxylamine groups is 2. The number of rotatable bonds is 2. The van der Waals surface area contributed by atoms with Crippen LogP contribution in [0.15, 0.2) is 0 Å². The van der Waals surface area contributed by atoms with E-state index in [-0.39, 0.29) is 13.0 Å². The van der Waals surface area contributed by atoms with Gasteiger partial charge in [-0.05, 0) is 20.8 Å². The molecule has 0 bridgehead atoms. The lowest BCUT2D eigenvalue weighted by Gasteiger charge is -2.29. The number of nitrogens with zero attached hydrogens (tertiary/aromatic N) is 2. The molecule has 0 spiro atoms. The summed E-state index contributed by atoms with van der Waals surface area (Å²) in [5.74, 6) is -0.464. The van der Waals surface area contributed by atoms with E-state index in [4.69, 9.17) is 9.57 Å². The summed E-state index contributed by atoms with van der Waals surface area (Å²) in [6, 6.07) is -0.880. The number of carbonyl (C=O) groups excluding carboxylic acids is 2. The van der Waals surface area contributed by atoms with Crippen molar-refractivity contribution in [1.82, 2.24) is 9.96 Å². The van der Waals surface area contributed by atoms with E-state index in [2.05, 4.69) is 0 Å². The highest BCUT2D eigenvalue weighted by Gasteiger charge is 2.42. The Hall–Kier alpha value is -1.37. The van der Waals surface area contributed by atoms with E-state index in [1.807, 2.05) is 0 Å². The van der Waals surface area contributed by atoms with Gasteiger partial charge < -0.3 is 4.74 Å². The zero-order chi connectivity index (χ0) is 14.8. The summed E-state index contributed by atoms with van der Waals surface area (Å²) >= 11 is 0. The Balaban J connectivity index is 2.80. The molecule has 1 heterocycles. The maximum absolute atomic E-state index is 13.5. The SMILES string of the molecule is CON(C)C(=O)[C@@H]1C[C@H](F)CN1C(=O)OC(C)(C)C. The molecule has 6 nitrogen and oxygen atoms in total. The highest BCUT2D eigenvalue weighted by atomic mass is 19.1. The molecule has 19 heavy (non-hydrogen) atoms. The molecule has 1 aliphatic rings. The first kappa shape index (κ1) is 15.7. The summed E-state index contributed by atoms with van der Waals surface area (Å²) in [4.78, 5) is 29.8. The van der Waals surface area contributed by atoms with Crippen molar-refractivity contribution in [3.8, 4) is 0 Å². The first-order chi connectivity index (χ1) is 8.65. The van der Waals surface area contributed by atoms with Gasteiger partial charge in [0.15, 0.2) is 0 Å². The van der Waals surface area contributed by atoms with Gasteiger partial charge in [-0.1, -0.05) is 0 Å². The van der Waals surface area contributed by atoms with Gasteiger partial charge in [-0.15, -0.1) is 0 Å². The van der Waals surface area contributed by atoms with Crippen LogP contribution in [0, 0.1) is 0 Å². The zero-order valence-corrected chi connectivity index (χ0v) is 12.0. The van der Waals surface area contributed by atoms with E-state index in [9.17, 15) is 14.0 Å². The first-order valence-electron chi connectivity index (χ1n) is 6.11. The molecule has 0 aromatic heterocycles. The fourth-order valence-electron chi connectivity index (χ4n) is 1.84. The Kier molecular flexibility index (Phi) is 4.73. The third-order valence-corrected chi connectivity index (χ3v) is 2.75. The topological polar surface area (TPSA) is 59.1 Å². The fourth-order valence-corrected chi connectivity index (χ4v) is 1.84. The largest absolute Gasteiger partial charge is 0.444 e. The highest BCUT2D eigenvalue weighted by Crippen LogP contribution is 2.24. The van der Waals surface area contributed by atoms with Crippen molar-refractivity contribution in [3.05, 3.63) is 0 Å². The second-order valence-corrected chi connectivity index (χ2v) is 5.50.